The minimum Gasteiger partial charge on any atom is -0.481 e. The number of unbranched alkanes of at least 4 members (excludes halogenated alkanes) is 21. The van der Waals surface area contributed by atoms with Crippen LogP contribution in [0, 0.1) is 0 Å². The van der Waals surface area contributed by atoms with Gasteiger partial charge in [0, 0.05) is 12.8 Å². The molecule has 0 aromatic carbocycles. The van der Waals surface area contributed by atoms with Gasteiger partial charge in [-0.2, -0.15) is 0 Å². The van der Waals surface area contributed by atoms with Crippen LogP contribution >= 0.6 is 0 Å². The van der Waals surface area contributed by atoms with Crippen molar-refractivity contribution in [3.05, 3.63) is 36.5 Å². The maximum Gasteiger partial charge on any atom is 0.306 e. The van der Waals surface area contributed by atoms with E-state index in [1.807, 2.05) is 0 Å². The highest BCUT2D eigenvalue weighted by Crippen LogP contribution is 2.18. The van der Waals surface area contributed by atoms with E-state index in [0.29, 0.717) is 19.3 Å². The van der Waals surface area contributed by atoms with Crippen molar-refractivity contribution in [2.45, 2.75) is 219 Å². The number of allylic oxidation sites excluding steroid dienone is 6. The third-order valence-corrected chi connectivity index (χ3v) is 8.88. The van der Waals surface area contributed by atoms with Crippen molar-refractivity contribution < 1.29 is 19.4 Å². The van der Waals surface area contributed by atoms with Crippen LogP contribution in [0.15, 0.2) is 36.5 Å². The largest absolute Gasteiger partial charge is 0.481 e. The zero-order chi connectivity index (χ0) is 33.6. The van der Waals surface area contributed by atoms with Gasteiger partial charge in [-0.3, -0.25) is 9.59 Å². The first-order valence-corrected chi connectivity index (χ1v) is 20.0. The van der Waals surface area contributed by atoms with Crippen LogP contribution in [0.3, 0.4) is 0 Å². The summed E-state index contributed by atoms with van der Waals surface area (Å²) in [5.74, 6) is -0.876. The van der Waals surface area contributed by atoms with Crippen molar-refractivity contribution in [3.63, 3.8) is 0 Å². The van der Waals surface area contributed by atoms with Crippen LogP contribution < -0.4 is 0 Å². The van der Waals surface area contributed by atoms with E-state index in [9.17, 15) is 9.59 Å². The van der Waals surface area contributed by atoms with Gasteiger partial charge in [-0.1, -0.05) is 172 Å². The fourth-order valence-corrected chi connectivity index (χ4v) is 5.97. The molecule has 0 heterocycles. The molecule has 0 aliphatic carbocycles. The second kappa shape index (κ2) is 37.6. The fourth-order valence-electron chi connectivity index (χ4n) is 5.97. The Balaban J connectivity index is 3.82. The fraction of sp³-hybridized carbons (Fsp3) is 0.810. The van der Waals surface area contributed by atoms with E-state index >= 15 is 0 Å². The average Bonchev–Trinajstić information content (AvgIpc) is 3.04. The number of carboxylic acid groups (broad SMARTS) is 1. The van der Waals surface area contributed by atoms with E-state index in [1.54, 1.807) is 0 Å². The first-order valence-electron chi connectivity index (χ1n) is 20.0. The van der Waals surface area contributed by atoms with Crippen LogP contribution in [0.2, 0.25) is 0 Å². The second-order valence-corrected chi connectivity index (χ2v) is 13.4. The van der Waals surface area contributed by atoms with Crippen LogP contribution in [-0.4, -0.2) is 23.1 Å². The molecule has 0 aromatic rings. The van der Waals surface area contributed by atoms with Gasteiger partial charge >= 0.3 is 11.9 Å². The number of carboxylic acids is 1. The summed E-state index contributed by atoms with van der Waals surface area (Å²) in [6.45, 7) is 4.44. The molecule has 0 aliphatic rings. The highest BCUT2D eigenvalue weighted by atomic mass is 16.5. The predicted octanol–water partition coefficient (Wildman–Crippen LogP) is 13.8. The molecule has 4 nitrogen and oxygen atoms in total. The van der Waals surface area contributed by atoms with Crippen LogP contribution in [-0.2, 0) is 14.3 Å². The molecular weight excluding hydrogens is 568 g/mol. The number of carbonyl (C=O) groups is 2. The number of aliphatic carboxylic acids is 1. The van der Waals surface area contributed by atoms with E-state index in [-0.39, 0.29) is 18.5 Å². The molecule has 4 heteroatoms. The zero-order valence-electron chi connectivity index (χ0n) is 30.6. The third-order valence-electron chi connectivity index (χ3n) is 8.88. The van der Waals surface area contributed by atoms with Crippen molar-refractivity contribution in [2.24, 2.45) is 0 Å². The highest BCUT2D eigenvalue weighted by molar-refractivity contribution is 5.69. The van der Waals surface area contributed by atoms with Crippen molar-refractivity contribution in [1.29, 1.82) is 0 Å². The molecule has 0 fully saturated rings. The van der Waals surface area contributed by atoms with Crippen molar-refractivity contribution in [1.82, 2.24) is 0 Å². The molecule has 1 N–H and O–H groups in total. The van der Waals surface area contributed by atoms with Crippen LogP contribution in [0.5, 0.6) is 0 Å². The topological polar surface area (TPSA) is 63.6 Å². The lowest BCUT2D eigenvalue weighted by molar-refractivity contribution is -0.150. The van der Waals surface area contributed by atoms with Crippen molar-refractivity contribution in [3.8, 4) is 0 Å². The number of ether oxygens (including phenoxy) is 1. The van der Waals surface area contributed by atoms with Crippen LogP contribution in [0.4, 0.5) is 0 Å². The summed E-state index contributed by atoms with van der Waals surface area (Å²) < 4.78 is 5.83. The summed E-state index contributed by atoms with van der Waals surface area (Å²) in [5.41, 5.74) is 0. The summed E-state index contributed by atoms with van der Waals surface area (Å²) in [5, 5.41) is 9.03. The van der Waals surface area contributed by atoms with E-state index < -0.39 is 5.97 Å². The zero-order valence-corrected chi connectivity index (χ0v) is 30.6. The number of esters is 1. The molecule has 0 spiro atoms. The Hall–Kier alpha value is -1.84. The van der Waals surface area contributed by atoms with Gasteiger partial charge in [0.1, 0.15) is 6.10 Å². The standard InChI is InChI=1S/C42H76O4/c1-3-5-7-9-11-13-15-17-19-20-22-23-25-27-29-31-33-36-40(37-35-38-41(43)44)46-42(45)39-34-32-30-28-26-24-21-18-16-14-12-10-8-6-4-2/h6,8,12,14,18,21,40H,3-5,7,9-11,13,15-17,19-20,22-39H2,1-2H3,(H,43,44)/b8-6-,14-12-,21-18-. The van der Waals surface area contributed by atoms with Crippen LogP contribution in [0.1, 0.15) is 213 Å². The average molecular weight is 645 g/mol. The Morgan fingerprint density at radius 1 is 0.500 bits per heavy atom. The summed E-state index contributed by atoms with van der Waals surface area (Å²) >= 11 is 0. The molecule has 0 radical (unpaired) electrons. The van der Waals surface area contributed by atoms with Gasteiger partial charge in [0.25, 0.3) is 0 Å². The predicted molar refractivity (Wildman–Crippen MR) is 199 cm³/mol. The first-order chi connectivity index (χ1) is 22.6. The Morgan fingerprint density at radius 2 is 0.935 bits per heavy atom. The molecule has 0 saturated heterocycles. The Morgan fingerprint density at radius 3 is 1.46 bits per heavy atom. The molecule has 0 amide bonds. The monoisotopic (exact) mass is 645 g/mol. The summed E-state index contributed by atoms with van der Waals surface area (Å²) in [6, 6.07) is 0. The van der Waals surface area contributed by atoms with E-state index in [4.69, 9.17) is 9.84 Å². The van der Waals surface area contributed by atoms with Gasteiger partial charge in [-0.05, 0) is 64.2 Å². The van der Waals surface area contributed by atoms with Gasteiger partial charge in [0.2, 0.25) is 0 Å². The van der Waals surface area contributed by atoms with Gasteiger partial charge in [0.05, 0.1) is 0 Å². The lowest BCUT2D eigenvalue weighted by Crippen LogP contribution is -2.18. The summed E-state index contributed by atoms with van der Waals surface area (Å²) in [4.78, 5) is 23.5. The molecule has 0 bridgehead atoms. The minimum absolute atomic E-state index is 0.103. The minimum atomic E-state index is -0.773. The Bertz CT molecular complexity index is 738. The van der Waals surface area contributed by atoms with E-state index in [2.05, 4.69) is 50.3 Å². The van der Waals surface area contributed by atoms with Gasteiger partial charge in [0.15, 0.2) is 0 Å². The third kappa shape index (κ3) is 36.6. The smallest absolute Gasteiger partial charge is 0.306 e. The number of rotatable bonds is 36. The van der Waals surface area contributed by atoms with Crippen molar-refractivity contribution in [2.75, 3.05) is 0 Å². The normalized spacial score (nSPS) is 12.6. The molecule has 0 aromatic heterocycles. The second-order valence-electron chi connectivity index (χ2n) is 13.4. The van der Waals surface area contributed by atoms with Crippen LogP contribution in [0.25, 0.3) is 0 Å². The number of hydrogen-bond donors (Lipinski definition) is 1. The summed E-state index contributed by atoms with van der Waals surface area (Å²) in [7, 11) is 0. The van der Waals surface area contributed by atoms with Crippen molar-refractivity contribution >= 4 is 11.9 Å². The van der Waals surface area contributed by atoms with E-state index in [0.717, 1.165) is 57.8 Å². The summed E-state index contributed by atoms with van der Waals surface area (Å²) in [6.07, 6.45) is 48.8. The molecule has 0 rings (SSSR count). The molecule has 0 saturated carbocycles. The maximum absolute atomic E-state index is 12.5. The van der Waals surface area contributed by atoms with Gasteiger partial charge in [-0.15, -0.1) is 0 Å². The lowest BCUT2D eigenvalue weighted by Gasteiger charge is -2.18. The molecular formula is C42H76O4. The SMILES string of the molecule is CC/C=C\C/C=C\C/C=C\CCCCCCCC(=O)OC(CCCCCCCCCCCCCCCCCCC)CCCC(=O)O. The molecule has 1 unspecified atom stereocenters. The number of carbonyl (C=O) groups excluding carboxylic acids is 1. The molecule has 1 atom stereocenters. The Labute approximate surface area is 286 Å². The molecule has 46 heavy (non-hydrogen) atoms. The quantitative estimate of drug-likeness (QED) is 0.0419. The first kappa shape index (κ1) is 44.2. The molecule has 0 aliphatic heterocycles. The highest BCUT2D eigenvalue weighted by Gasteiger charge is 2.15. The lowest BCUT2D eigenvalue weighted by atomic mass is 10.0. The van der Waals surface area contributed by atoms with Gasteiger partial charge < -0.3 is 9.84 Å². The Kier molecular flexibility index (Phi) is 36.1. The van der Waals surface area contributed by atoms with E-state index in [1.165, 1.54) is 116 Å². The van der Waals surface area contributed by atoms with Gasteiger partial charge in [-0.25, -0.2) is 0 Å². The number of hydrogen-bond acceptors (Lipinski definition) is 3. The molecule has 268 valence electrons. The maximum atomic E-state index is 12.5.